The molecule has 0 aromatic carbocycles. The predicted octanol–water partition coefficient (Wildman–Crippen LogP) is 1.60. The molecule has 0 aromatic heterocycles. The molecule has 0 spiro atoms. The minimum Gasteiger partial charge on any atom is -0.385 e. The molecule has 98 valence electrons. The molecule has 0 aromatic rings. The molecule has 0 fully saturated rings. The van der Waals surface area contributed by atoms with Crippen LogP contribution in [0.1, 0.15) is 34.1 Å². The Morgan fingerprint density at radius 1 is 1.56 bits per heavy atom. The summed E-state index contributed by atoms with van der Waals surface area (Å²) in [6.45, 7) is 10.6. The van der Waals surface area contributed by atoms with Gasteiger partial charge in [-0.3, -0.25) is 4.79 Å². The van der Waals surface area contributed by atoms with Crippen LogP contribution in [-0.2, 0) is 4.79 Å². The number of aliphatic hydroxyl groups excluding tert-OH is 1. The van der Waals surface area contributed by atoms with Crippen molar-refractivity contribution in [3.8, 4) is 11.8 Å². The molecule has 0 bridgehead atoms. The van der Waals surface area contributed by atoms with Crippen LogP contribution in [-0.4, -0.2) is 27.7 Å². The van der Waals surface area contributed by atoms with E-state index in [0.717, 1.165) is 0 Å². The molecule has 1 rings (SSSR count). The average molecular weight is 248 g/mol. The van der Waals surface area contributed by atoms with E-state index in [1.807, 2.05) is 13.8 Å². The van der Waals surface area contributed by atoms with Crippen molar-refractivity contribution >= 4 is 5.78 Å². The number of ketones is 1. The van der Waals surface area contributed by atoms with Crippen LogP contribution in [0.5, 0.6) is 0 Å². The zero-order valence-corrected chi connectivity index (χ0v) is 11.4. The Hall–Kier alpha value is -1.37. The largest absolute Gasteiger partial charge is 0.385 e. The van der Waals surface area contributed by atoms with Gasteiger partial charge in [0.2, 0.25) is 0 Å². The van der Waals surface area contributed by atoms with Crippen LogP contribution < -0.4 is 0 Å². The Kier molecular flexibility index (Phi) is 3.85. The molecule has 0 saturated heterocycles. The van der Waals surface area contributed by atoms with Crippen molar-refractivity contribution in [2.24, 2.45) is 5.41 Å². The summed E-state index contributed by atoms with van der Waals surface area (Å²) in [7, 11) is 0. The first-order chi connectivity index (χ1) is 8.10. The third-order valence-corrected chi connectivity index (χ3v) is 3.27. The second kappa shape index (κ2) is 4.72. The van der Waals surface area contributed by atoms with E-state index in [4.69, 9.17) is 0 Å². The molecule has 3 heteroatoms. The van der Waals surface area contributed by atoms with E-state index in [1.165, 1.54) is 13.0 Å². The normalized spacial score (nSPS) is 26.1. The lowest BCUT2D eigenvalue weighted by molar-refractivity contribution is -0.125. The minimum absolute atomic E-state index is 0.281. The maximum Gasteiger partial charge on any atom is 0.187 e. The average Bonchev–Trinajstić information content (AvgIpc) is 2.25. The van der Waals surface area contributed by atoms with E-state index in [1.54, 1.807) is 6.92 Å². The monoisotopic (exact) mass is 248 g/mol. The fourth-order valence-electron chi connectivity index (χ4n) is 2.06. The highest BCUT2D eigenvalue weighted by atomic mass is 16.3. The lowest BCUT2D eigenvalue weighted by Crippen LogP contribution is -2.36. The Morgan fingerprint density at radius 2 is 2.11 bits per heavy atom. The van der Waals surface area contributed by atoms with Gasteiger partial charge in [-0.25, -0.2) is 0 Å². The first-order valence-electron chi connectivity index (χ1n) is 5.93. The molecule has 2 unspecified atom stereocenters. The predicted molar refractivity (Wildman–Crippen MR) is 70.7 cm³/mol. The molecule has 3 nitrogen and oxygen atoms in total. The second-order valence-electron chi connectivity index (χ2n) is 5.57. The molecule has 1 aliphatic carbocycles. The van der Waals surface area contributed by atoms with Crippen LogP contribution in [0.3, 0.4) is 0 Å². The Balaban J connectivity index is 3.27. The van der Waals surface area contributed by atoms with Crippen LogP contribution in [0.25, 0.3) is 0 Å². The van der Waals surface area contributed by atoms with Gasteiger partial charge < -0.3 is 10.2 Å². The summed E-state index contributed by atoms with van der Waals surface area (Å²) in [4.78, 5) is 11.8. The van der Waals surface area contributed by atoms with Crippen molar-refractivity contribution < 1.29 is 15.0 Å². The first-order valence-corrected chi connectivity index (χ1v) is 5.93. The number of hydrogen-bond donors (Lipinski definition) is 2. The summed E-state index contributed by atoms with van der Waals surface area (Å²) in [5.41, 5.74) is -0.490. The third-order valence-electron chi connectivity index (χ3n) is 3.27. The second-order valence-corrected chi connectivity index (χ2v) is 5.57. The number of allylic oxidation sites excluding steroid dienone is 1. The highest BCUT2D eigenvalue weighted by Gasteiger charge is 2.37. The number of carbonyl (C=O) groups is 1. The fraction of sp³-hybridized carbons (Fsp3) is 0.533. The lowest BCUT2D eigenvalue weighted by atomic mass is 9.71. The molecule has 2 atom stereocenters. The van der Waals surface area contributed by atoms with Crippen molar-refractivity contribution in [2.45, 2.75) is 45.8 Å². The van der Waals surface area contributed by atoms with Crippen LogP contribution >= 0.6 is 0 Å². The summed E-state index contributed by atoms with van der Waals surface area (Å²) < 4.78 is 0. The number of rotatable bonds is 1. The Labute approximate surface area is 108 Å². The van der Waals surface area contributed by atoms with E-state index >= 15 is 0 Å². The summed E-state index contributed by atoms with van der Waals surface area (Å²) in [6, 6.07) is 0. The summed E-state index contributed by atoms with van der Waals surface area (Å²) in [6.07, 6.45) is 0.747. The van der Waals surface area contributed by atoms with Crippen molar-refractivity contribution in [3.63, 3.8) is 0 Å². The number of hydrogen-bond acceptors (Lipinski definition) is 3. The van der Waals surface area contributed by atoms with Crippen LogP contribution in [0, 0.1) is 17.3 Å². The highest BCUT2D eigenvalue weighted by molar-refractivity contribution is 6.00. The number of Topliss-reactive ketones (excluding diaryl/α,β-unsaturated/α-hetero) is 1. The topological polar surface area (TPSA) is 57.5 Å². The molecule has 0 amide bonds. The van der Waals surface area contributed by atoms with Crippen molar-refractivity contribution in [3.05, 3.63) is 23.8 Å². The summed E-state index contributed by atoms with van der Waals surface area (Å²) in [5.74, 6) is 5.30. The van der Waals surface area contributed by atoms with Gasteiger partial charge in [-0.2, -0.15) is 0 Å². The number of aliphatic hydroxyl groups is 2. The van der Waals surface area contributed by atoms with E-state index in [0.29, 0.717) is 17.6 Å². The zero-order valence-electron chi connectivity index (χ0n) is 11.4. The van der Waals surface area contributed by atoms with Crippen LogP contribution in [0.15, 0.2) is 23.8 Å². The molecule has 18 heavy (non-hydrogen) atoms. The quantitative estimate of drug-likeness (QED) is 0.547. The van der Waals surface area contributed by atoms with Gasteiger partial charge in [0, 0.05) is 16.6 Å². The lowest BCUT2D eigenvalue weighted by Gasteiger charge is -2.33. The SMILES string of the molecule is C=CC(C)(O)C#CC1=C(C)C(=O)C(O)CC1(C)C. The van der Waals surface area contributed by atoms with Gasteiger partial charge in [0.1, 0.15) is 11.7 Å². The van der Waals surface area contributed by atoms with Gasteiger partial charge in [-0.1, -0.05) is 32.3 Å². The van der Waals surface area contributed by atoms with Crippen LogP contribution in [0.4, 0.5) is 0 Å². The summed E-state index contributed by atoms with van der Waals surface area (Å²) >= 11 is 0. The van der Waals surface area contributed by atoms with Crippen molar-refractivity contribution in [1.82, 2.24) is 0 Å². The molecule has 0 radical (unpaired) electrons. The van der Waals surface area contributed by atoms with Gasteiger partial charge in [-0.05, 0) is 26.3 Å². The van der Waals surface area contributed by atoms with E-state index in [-0.39, 0.29) is 11.2 Å². The van der Waals surface area contributed by atoms with E-state index in [2.05, 4.69) is 18.4 Å². The highest BCUT2D eigenvalue weighted by Crippen LogP contribution is 2.38. The molecule has 0 heterocycles. The number of carbonyl (C=O) groups excluding carboxylic acids is 1. The van der Waals surface area contributed by atoms with Gasteiger partial charge in [-0.15, -0.1) is 0 Å². The van der Waals surface area contributed by atoms with Gasteiger partial charge in [0.15, 0.2) is 5.78 Å². The Bertz CT molecular complexity index is 470. The van der Waals surface area contributed by atoms with Gasteiger partial charge in [0.05, 0.1) is 0 Å². The molecule has 0 saturated carbocycles. The summed E-state index contributed by atoms with van der Waals surface area (Å²) in [5, 5.41) is 19.5. The van der Waals surface area contributed by atoms with Crippen molar-refractivity contribution in [2.75, 3.05) is 0 Å². The first kappa shape index (κ1) is 14.7. The van der Waals surface area contributed by atoms with Crippen molar-refractivity contribution in [1.29, 1.82) is 0 Å². The van der Waals surface area contributed by atoms with Gasteiger partial charge in [0.25, 0.3) is 0 Å². The standard InChI is InChI=1S/C15H20O3/c1-6-15(5,18)8-7-11-10(2)13(17)12(16)9-14(11,3)4/h6,12,16,18H,1,9H2,2-5H3. The van der Waals surface area contributed by atoms with Crippen LogP contribution in [0.2, 0.25) is 0 Å². The van der Waals surface area contributed by atoms with E-state index < -0.39 is 11.7 Å². The smallest absolute Gasteiger partial charge is 0.187 e. The minimum atomic E-state index is -1.28. The third kappa shape index (κ3) is 2.90. The molecular weight excluding hydrogens is 228 g/mol. The fourth-order valence-corrected chi connectivity index (χ4v) is 2.06. The van der Waals surface area contributed by atoms with E-state index in [9.17, 15) is 15.0 Å². The maximum absolute atomic E-state index is 11.8. The molecule has 2 N–H and O–H groups in total. The zero-order chi connectivity index (χ0) is 14.1. The van der Waals surface area contributed by atoms with Gasteiger partial charge >= 0.3 is 0 Å². The molecule has 1 aliphatic rings. The molecular formula is C15H20O3. The Morgan fingerprint density at radius 3 is 2.61 bits per heavy atom. The maximum atomic E-state index is 11.8. The molecule has 0 aliphatic heterocycles.